The van der Waals surface area contributed by atoms with E-state index >= 15 is 0 Å². The molecule has 4 atom stereocenters. The maximum atomic E-state index is 10.5. The number of carboxylic acids is 1. The van der Waals surface area contributed by atoms with Crippen LogP contribution in [0, 0.1) is 11.8 Å². The third kappa shape index (κ3) is 6.06. The Hall–Kier alpha value is -1.13. The Morgan fingerprint density at radius 2 is 1.83 bits per heavy atom. The summed E-state index contributed by atoms with van der Waals surface area (Å²) in [6, 6.07) is 1.15. The highest BCUT2D eigenvalue weighted by Gasteiger charge is 2.45. The zero-order valence-corrected chi connectivity index (χ0v) is 15.0. The van der Waals surface area contributed by atoms with Gasteiger partial charge >= 0.3 is 5.97 Å². The minimum absolute atomic E-state index is 0.271. The van der Waals surface area contributed by atoms with Crippen LogP contribution in [0.5, 0.6) is 0 Å². The van der Waals surface area contributed by atoms with Gasteiger partial charge in [-0.3, -0.25) is 15.6 Å². The van der Waals surface area contributed by atoms with Crippen molar-refractivity contribution in [2.45, 2.75) is 83.2 Å². The van der Waals surface area contributed by atoms with Crippen molar-refractivity contribution in [2.75, 3.05) is 0 Å². The Balaban J connectivity index is 1.72. The van der Waals surface area contributed by atoms with Crippen molar-refractivity contribution < 1.29 is 9.90 Å². The minimum atomic E-state index is -0.698. The molecule has 0 radical (unpaired) electrons. The van der Waals surface area contributed by atoms with Crippen molar-refractivity contribution in [3.05, 3.63) is 24.3 Å². The Kier molecular flexibility index (Phi) is 8.54. The summed E-state index contributed by atoms with van der Waals surface area (Å²) in [4.78, 5) is 10.5. The normalized spacial score (nSPS) is 29.2. The first-order valence-corrected chi connectivity index (χ1v) is 9.77. The fraction of sp³-hybridized carbons (Fsp3) is 0.750. The van der Waals surface area contributed by atoms with Crippen molar-refractivity contribution in [3.8, 4) is 0 Å². The lowest BCUT2D eigenvalue weighted by Crippen LogP contribution is -2.47. The molecule has 2 bridgehead atoms. The van der Waals surface area contributed by atoms with Gasteiger partial charge in [0.2, 0.25) is 0 Å². The molecule has 4 heteroatoms. The predicted octanol–water partition coefficient (Wildman–Crippen LogP) is 4.20. The van der Waals surface area contributed by atoms with E-state index in [1.165, 1.54) is 38.5 Å². The maximum Gasteiger partial charge on any atom is 0.303 e. The van der Waals surface area contributed by atoms with Gasteiger partial charge in [0.15, 0.2) is 0 Å². The predicted molar refractivity (Wildman–Crippen MR) is 98.6 cm³/mol. The first kappa shape index (κ1) is 19.2. The molecule has 1 saturated carbocycles. The summed E-state index contributed by atoms with van der Waals surface area (Å²) >= 11 is 0. The number of fused-ring (bicyclic) bond motifs is 2. The Morgan fingerprint density at radius 3 is 2.62 bits per heavy atom. The lowest BCUT2D eigenvalue weighted by Gasteiger charge is -2.29. The average Bonchev–Trinajstić information content (AvgIpc) is 3.15. The van der Waals surface area contributed by atoms with Gasteiger partial charge in [0, 0.05) is 18.5 Å². The van der Waals surface area contributed by atoms with Gasteiger partial charge in [-0.25, -0.2) is 0 Å². The Labute approximate surface area is 146 Å². The number of nitrogens with one attached hydrogen (secondary N) is 2. The maximum absolute atomic E-state index is 10.5. The second-order valence-corrected chi connectivity index (χ2v) is 7.25. The standard InChI is InChI=1S/C20H34N2O2/c1-2-3-4-5-6-9-12-16-17(19-15-18(16)21-22-19)13-10-7-8-11-14-20(23)24/h7,9-10,12,16-19,21-22H,2-6,8,11,13-15H2,1H3,(H,23,24)/b10-7+,12-9+/t16-,17-,18-,19+/m1/s1. The van der Waals surface area contributed by atoms with Crippen molar-refractivity contribution in [2.24, 2.45) is 11.8 Å². The highest BCUT2D eigenvalue weighted by atomic mass is 16.4. The van der Waals surface area contributed by atoms with E-state index in [2.05, 4.69) is 42.1 Å². The number of aliphatic carboxylic acids is 1. The van der Waals surface area contributed by atoms with Crippen LogP contribution in [0.15, 0.2) is 24.3 Å². The fourth-order valence-corrected chi connectivity index (χ4v) is 3.99. The van der Waals surface area contributed by atoms with E-state index < -0.39 is 5.97 Å². The fourth-order valence-electron chi connectivity index (χ4n) is 3.99. The van der Waals surface area contributed by atoms with E-state index in [4.69, 9.17) is 5.11 Å². The second-order valence-electron chi connectivity index (χ2n) is 7.25. The molecular weight excluding hydrogens is 300 g/mol. The van der Waals surface area contributed by atoms with Crippen LogP contribution in [-0.4, -0.2) is 23.2 Å². The number of allylic oxidation sites excluding steroid dienone is 3. The number of carbonyl (C=O) groups is 1. The van der Waals surface area contributed by atoms with E-state index in [0.717, 1.165) is 19.3 Å². The number of hydrogen-bond acceptors (Lipinski definition) is 3. The summed E-state index contributed by atoms with van der Waals surface area (Å²) in [6.07, 6.45) is 20.0. The molecule has 0 aromatic carbocycles. The molecule has 0 aromatic heterocycles. The van der Waals surface area contributed by atoms with E-state index in [0.29, 0.717) is 23.9 Å². The van der Waals surface area contributed by atoms with Crippen LogP contribution in [0.4, 0.5) is 0 Å². The molecule has 24 heavy (non-hydrogen) atoms. The zero-order valence-electron chi connectivity index (χ0n) is 15.0. The third-order valence-electron chi connectivity index (χ3n) is 5.36. The molecule has 1 aliphatic carbocycles. The van der Waals surface area contributed by atoms with Crippen LogP contribution in [0.25, 0.3) is 0 Å². The van der Waals surface area contributed by atoms with Gasteiger partial charge in [-0.2, -0.15) is 0 Å². The lowest BCUT2D eigenvalue weighted by atomic mass is 9.87. The monoisotopic (exact) mass is 334 g/mol. The SMILES string of the molecule is CCCCCC/C=C/[C@@H]1[C@@H](C/C=C/CCCC(=O)O)[C@@H]2C[C@H]1NN2. The molecule has 1 aliphatic heterocycles. The molecule has 2 rings (SSSR count). The van der Waals surface area contributed by atoms with Crippen molar-refractivity contribution in [3.63, 3.8) is 0 Å². The van der Waals surface area contributed by atoms with Crippen LogP contribution in [0.1, 0.15) is 71.1 Å². The first-order chi connectivity index (χ1) is 11.7. The van der Waals surface area contributed by atoms with E-state index in [1.54, 1.807) is 0 Å². The Morgan fingerprint density at radius 1 is 1.04 bits per heavy atom. The second kappa shape index (κ2) is 10.7. The van der Waals surface area contributed by atoms with Crippen molar-refractivity contribution in [1.29, 1.82) is 0 Å². The minimum Gasteiger partial charge on any atom is -0.481 e. The molecule has 1 saturated heterocycles. The van der Waals surface area contributed by atoms with Crippen LogP contribution in [-0.2, 0) is 4.79 Å². The van der Waals surface area contributed by atoms with Gasteiger partial charge in [-0.05, 0) is 50.4 Å². The van der Waals surface area contributed by atoms with Crippen LogP contribution >= 0.6 is 0 Å². The smallest absolute Gasteiger partial charge is 0.303 e. The van der Waals surface area contributed by atoms with Crippen molar-refractivity contribution in [1.82, 2.24) is 10.9 Å². The molecule has 0 spiro atoms. The molecule has 0 unspecified atom stereocenters. The van der Waals surface area contributed by atoms with Gasteiger partial charge in [-0.1, -0.05) is 50.5 Å². The summed E-state index contributed by atoms with van der Waals surface area (Å²) in [5, 5.41) is 8.65. The number of unbranched alkanes of at least 4 members (excludes halogenated alkanes) is 5. The summed E-state index contributed by atoms with van der Waals surface area (Å²) in [5.41, 5.74) is 6.86. The quantitative estimate of drug-likeness (QED) is 0.370. The topological polar surface area (TPSA) is 61.4 Å². The first-order valence-electron chi connectivity index (χ1n) is 9.77. The number of hydrogen-bond donors (Lipinski definition) is 3. The van der Waals surface area contributed by atoms with Crippen LogP contribution in [0.2, 0.25) is 0 Å². The molecule has 4 nitrogen and oxygen atoms in total. The molecule has 0 aromatic rings. The molecule has 1 heterocycles. The lowest BCUT2D eigenvalue weighted by molar-refractivity contribution is -0.137. The highest BCUT2D eigenvalue weighted by Crippen LogP contribution is 2.39. The summed E-state index contributed by atoms with van der Waals surface area (Å²) in [7, 11) is 0. The summed E-state index contributed by atoms with van der Waals surface area (Å²) in [6.45, 7) is 2.25. The zero-order chi connectivity index (χ0) is 17.2. The number of hydrazine groups is 1. The van der Waals surface area contributed by atoms with Crippen LogP contribution in [0.3, 0.4) is 0 Å². The molecule has 2 aliphatic rings. The van der Waals surface area contributed by atoms with E-state index in [1.807, 2.05) is 0 Å². The molecular formula is C20H34N2O2. The van der Waals surface area contributed by atoms with Gasteiger partial charge in [0.1, 0.15) is 0 Å². The molecule has 3 N–H and O–H groups in total. The Bertz CT molecular complexity index is 433. The van der Waals surface area contributed by atoms with Gasteiger partial charge in [0.05, 0.1) is 0 Å². The van der Waals surface area contributed by atoms with Gasteiger partial charge in [-0.15, -0.1) is 0 Å². The highest BCUT2D eigenvalue weighted by molar-refractivity contribution is 5.66. The average molecular weight is 335 g/mol. The number of carboxylic acid groups (broad SMARTS) is 1. The molecule has 2 fully saturated rings. The molecule has 136 valence electrons. The van der Waals surface area contributed by atoms with Crippen molar-refractivity contribution >= 4 is 5.97 Å². The summed E-state index contributed by atoms with van der Waals surface area (Å²) in [5.74, 6) is 0.598. The van der Waals surface area contributed by atoms with E-state index in [-0.39, 0.29) is 6.42 Å². The molecule has 0 amide bonds. The largest absolute Gasteiger partial charge is 0.481 e. The van der Waals surface area contributed by atoms with E-state index in [9.17, 15) is 4.79 Å². The summed E-state index contributed by atoms with van der Waals surface area (Å²) < 4.78 is 0. The number of rotatable bonds is 12. The van der Waals surface area contributed by atoms with Gasteiger partial charge < -0.3 is 5.11 Å². The third-order valence-corrected chi connectivity index (χ3v) is 5.36. The van der Waals surface area contributed by atoms with Crippen LogP contribution < -0.4 is 10.9 Å². The van der Waals surface area contributed by atoms with Gasteiger partial charge in [0.25, 0.3) is 0 Å².